The van der Waals surface area contributed by atoms with Crippen LogP contribution in [0.5, 0.6) is 0 Å². The number of morpholine rings is 1. The molecule has 0 aromatic heterocycles. The molecule has 0 aromatic rings. The number of hydrogen-bond donors (Lipinski definition) is 1. The fraction of sp³-hybridized carbons (Fsp3) is 1.00. The van der Waals surface area contributed by atoms with Crippen molar-refractivity contribution < 1.29 is 4.74 Å². The monoisotopic (exact) mass is 270 g/mol. The van der Waals surface area contributed by atoms with E-state index < -0.39 is 0 Å². The molecule has 1 saturated heterocycles. The SMILES string of the molecule is CCCCCCC(C)(CN)N1CC(C)OC(C)(C)C1. The highest BCUT2D eigenvalue weighted by Crippen LogP contribution is 2.29. The number of rotatable bonds is 7. The van der Waals surface area contributed by atoms with Crippen LogP contribution >= 0.6 is 0 Å². The van der Waals surface area contributed by atoms with Crippen molar-refractivity contribution in [2.75, 3.05) is 19.6 Å². The van der Waals surface area contributed by atoms with E-state index in [0.717, 1.165) is 19.6 Å². The Balaban J connectivity index is 2.60. The van der Waals surface area contributed by atoms with Crippen molar-refractivity contribution in [1.29, 1.82) is 0 Å². The van der Waals surface area contributed by atoms with Crippen LogP contribution in [-0.2, 0) is 4.74 Å². The average molecular weight is 270 g/mol. The van der Waals surface area contributed by atoms with Gasteiger partial charge in [-0.2, -0.15) is 0 Å². The summed E-state index contributed by atoms with van der Waals surface area (Å²) >= 11 is 0. The lowest BCUT2D eigenvalue weighted by atomic mass is 9.89. The van der Waals surface area contributed by atoms with Crippen LogP contribution < -0.4 is 5.73 Å². The van der Waals surface area contributed by atoms with E-state index in [-0.39, 0.29) is 11.1 Å². The Hall–Kier alpha value is -0.120. The maximum absolute atomic E-state index is 6.10. The first-order valence-electron chi connectivity index (χ1n) is 7.96. The lowest BCUT2D eigenvalue weighted by Crippen LogP contribution is -2.62. The minimum atomic E-state index is -0.0580. The number of ether oxygens (including phenoxy) is 1. The summed E-state index contributed by atoms with van der Waals surface area (Å²) in [7, 11) is 0. The molecule has 3 nitrogen and oxygen atoms in total. The van der Waals surface area contributed by atoms with Gasteiger partial charge in [0.15, 0.2) is 0 Å². The summed E-state index contributed by atoms with van der Waals surface area (Å²) in [5, 5.41) is 0. The van der Waals surface area contributed by atoms with Gasteiger partial charge in [0.05, 0.1) is 11.7 Å². The van der Waals surface area contributed by atoms with Gasteiger partial charge in [-0.15, -0.1) is 0 Å². The minimum Gasteiger partial charge on any atom is -0.370 e. The second-order valence-corrected chi connectivity index (χ2v) is 7.08. The van der Waals surface area contributed by atoms with Crippen LogP contribution in [0.4, 0.5) is 0 Å². The highest BCUT2D eigenvalue weighted by Gasteiger charge is 2.39. The molecule has 2 unspecified atom stereocenters. The van der Waals surface area contributed by atoms with Gasteiger partial charge in [-0.05, 0) is 34.1 Å². The molecule has 0 aromatic carbocycles. The Kier molecular flexibility index (Phi) is 6.28. The van der Waals surface area contributed by atoms with Gasteiger partial charge in [0.2, 0.25) is 0 Å². The zero-order valence-corrected chi connectivity index (χ0v) is 13.7. The number of unbranched alkanes of at least 4 members (excludes halogenated alkanes) is 3. The van der Waals surface area contributed by atoms with Gasteiger partial charge in [0.25, 0.3) is 0 Å². The van der Waals surface area contributed by atoms with Gasteiger partial charge in [-0.25, -0.2) is 0 Å². The lowest BCUT2D eigenvalue weighted by molar-refractivity contribution is -0.151. The highest BCUT2D eigenvalue weighted by atomic mass is 16.5. The summed E-state index contributed by atoms with van der Waals surface area (Å²) in [6.45, 7) is 13.8. The normalized spacial score (nSPS) is 27.2. The molecule has 0 amide bonds. The Morgan fingerprint density at radius 1 is 1.32 bits per heavy atom. The van der Waals surface area contributed by atoms with Crippen molar-refractivity contribution in [3.05, 3.63) is 0 Å². The molecule has 0 radical (unpaired) electrons. The van der Waals surface area contributed by atoms with Crippen molar-refractivity contribution in [2.24, 2.45) is 5.73 Å². The first-order valence-corrected chi connectivity index (χ1v) is 7.96. The number of hydrogen-bond acceptors (Lipinski definition) is 3. The third kappa shape index (κ3) is 5.05. The molecule has 19 heavy (non-hydrogen) atoms. The van der Waals surface area contributed by atoms with Crippen molar-refractivity contribution in [3.8, 4) is 0 Å². The van der Waals surface area contributed by atoms with Crippen LogP contribution in [0, 0.1) is 0 Å². The highest BCUT2D eigenvalue weighted by molar-refractivity contribution is 4.94. The Labute approximate surface area is 119 Å². The van der Waals surface area contributed by atoms with E-state index in [4.69, 9.17) is 10.5 Å². The number of nitrogens with zero attached hydrogens (tertiary/aromatic N) is 1. The van der Waals surface area contributed by atoms with E-state index in [1.807, 2.05) is 0 Å². The zero-order valence-electron chi connectivity index (χ0n) is 13.7. The minimum absolute atomic E-state index is 0.0580. The van der Waals surface area contributed by atoms with Gasteiger partial charge >= 0.3 is 0 Å². The third-order valence-corrected chi connectivity index (χ3v) is 4.34. The van der Waals surface area contributed by atoms with E-state index in [2.05, 4.69) is 39.5 Å². The molecule has 0 aliphatic carbocycles. The largest absolute Gasteiger partial charge is 0.370 e. The molecule has 1 aliphatic heterocycles. The second kappa shape index (κ2) is 7.05. The van der Waals surface area contributed by atoms with Crippen molar-refractivity contribution in [3.63, 3.8) is 0 Å². The lowest BCUT2D eigenvalue weighted by Gasteiger charge is -2.50. The summed E-state index contributed by atoms with van der Waals surface area (Å²) in [4.78, 5) is 2.56. The Morgan fingerprint density at radius 2 is 2.00 bits per heavy atom. The van der Waals surface area contributed by atoms with Crippen molar-refractivity contribution in [1.82, 2.24) is 4.90 Å². The predicted molar refractivity (Wildman–Crippen MR) is 82.4 cm³/mol. The molecule has 0 saturated carbocycles. The molecule has 2 atom stereocenters. The molecule has 0 spiro atoms. The standard InChI is InChI=1S/C16H34N2O/c1-6-7-8-9-10-16(5,12-17)18-11-14(2)19-15(3,4)13-18/h14H,6-13,17H2,1-5H3. The van der Waals surface area contributed by atoms with Crippen LogP contribution in [-0.4, -0.2) is 41.8 Å². The van der Waals surface area contributed by atoms with Crippen LogP contribution in [0.25, 0.3) is 0 Å². The third-order valence-electron chi connectivity index (χ3n) is 4.34. The van der Waals surface area contributed by atoms with Crippen LogP contribution in [0.15, 0.2) is 0 Å². The average Bonchev–Trinajstić information content (AvgIpc) is 2.32. The van der Waals surface area contributed by atoms with Crippen molar-refractivity contribution >= 4 is 0 Å². The quantitative estimate of drug-likeness (QED) is 0.722. The molecule has 1 fully saturated rings. The fourth-order valence-electron chi connectivity index (χ4n) is 3.19. The van der Waals surface area contributed by atoms with Crippen molar-refractivity contribution in [2.45, 2.75) is 84.0 Å². The van der Waals surface area contributed by atoms with E-state index in [1.54, 1.807) is 0 Å². The zero-order chi connectivity index (χ0) is 14.5. The second-order valence-electron chi connectivity index (χ2n) is 7.08. The molecule has 1 heterocycles. The van der Waals surface area contributed by atoms with Gasteiger partial charge in [-0.1, -0.05) is 32.6 Å². The summed E-state index contributed by atoms with van der Waals surface area (Å²) in [6, 6.07) is 0. The maximum Gasteiger partial charge on any atom is 0.0757 e. The molecule has 1 aliphatic rings. The summed E-state index contributed by atoms with van der Waals surface area (Å²) in [6.07, 6.45) is 6.74. The van der Waals surface area contributed by atoms with Gasteiger partial charge in [0, 0.05) is 25.2 Å². The predicted octanol–water partition coefficient (Wildman–Crippen LogP) is 3.17. The molecular weight excluding hydrogens is 236 g/mol. The smallest absolute Gasteiger partial charge is 0.0757 e. The first-order chi connectivity index (χ1) is 8.83. The molecule has 3 heteroatoms. The molecule has 2 N–H and O–H groups in total. The summed E-state index contributed by atoms with van der Waals surface area (Å²) in [5.41, 5.74) is 6.17. The molecule has 114 valence electrons. The maximum atomic E-state index is 6.10. The van der Waals surface area contributed by atoms with Gasteiger partial charge in [-0.3, -0.25) is 4.90 Å². The van der Waals surface area contributed by atoms with Gasteiger partial charge < -0.3 is 10.5 Å². The van der Waals surface area contributed by atoms with Crippen LogP contribution in [0.1, 0.15) is 66.7 Å². The molecule has 1 rings (SSSR count). The molecule has 0 bridgehead atoms. The molecular formula is C16H34N2O. The number of nitrogens with two attached hydrogens (primary N) is 1. The van der Waals surface area contributed by atoms with E-state index in [1.165, 1.54) is 32.1 Å². The topological polar surface area (TPSA) is 38.5 Å². The van der Waals surface area contributed by atoms with Crippen LogP contribution in [0.2, 0.25) is 0 Å². The summed E-state index contributed by atoms with van der Waals surface area (Å²) in [5.74, 6) is 0. The van der Waals surface area contributed by atoms with E-state index in [0.29, 0.717) is 6.10 Å². The van der Waals surface area contributed by atoms with Gasteiger partial charge in [0.1, 0.15) is 0 Å². The fourth-order valence-corrected chi connectivity index (χ4v) is 3.19. The first kappa shape index (κ1) is 16.9. The van der Waals surface area contributed by atoms with E-state index in [9.17, 15) is 0 Å². The van der Waals surface area contributed by atoms with Crippen LogP contribution in [0.3, 0.4) is 0 Å². The Morgan fingerprint density at radius 3 is 2.53 bits per heavy atom. The van der Waals surface area contributed by atoms with E-state index >= 15 is 0 Å². The Bertz CT molecular complexity index is 267. The summed E-state index contributed by atoms with van der Waals surface area (Å²) < 4.78 is 6.00.